The van der Waals surface area contributed by atoms with Gasteiger partial charge in [0.2, 0.25) is 0 Å². The van der Waals surface area contributed by atoms with E-state index >= 15 is 0 Å². The highest BCUT2D eigenvalue weighted by molar-refractivity contribution is 6.32. The van der Waals surface area contributed by atoms with Gasteiger partial charge in [0.25, 0.3) is 0 Å². The number of hydrogen-bond donors (Lipinski definition) is 1. The monoisotopic (exact) mass is 374 g/mol. The van der Waals surface area contributed by atoms with Gasteiger partial charge in [-0.15, -0.1) is 12.4 Å². The Hall–Kier alpha value is -0.680. The van der Waals surface area contributed by atoms with Gasteiger partial charge in [-0.1, -0.05) is 18.5 Å². The molecule has 2 heterocycles. The van der Waals surface area contributed by atoms with Crippen LogP contribution in [0.15, 0.2) is 12.1 Å². The zero-order valence-corrected chi connectivity index (χ0v) is 16.1. The number of hydrogen-bond acceptors (Lipinski definition) is 4. The maximum Gasteiger partial charge on any atom is 0.179 e. The highest BCUT2D eigenvalue weighted by Gasteiger charge is 2.40. The quantitative estimate of drug-likeness (QED) is 0.821. The molecule has 1 aromatic rings. The summed E-state index contributed by atoms with van der Waals surface area (Å²) in [6.07, 6.45) is 3.55. The lowest BCUT2D eigenvalue weighted by atomic mass is 9.86. The molecule has 1 N–H and O–H groups in total. The van der Waals surface area contributed by atoms with Crippen molar-refractivity contribution in [2.45, 2.75) is 32.7 Å². The van der Waals surface area contributed by atoms with Gasteiger partial charge in [-0.3, -0.25) is 4.90 Å². The summed E-state index contributed by atoms with van der Waals surface area (Å²) in [6.45, 7) is 8.32. The first-order valence-corrected chi connectivity index (χ1v) is 8.96. The van der Waals surface area contributed by atoms with Gasteiger partial charge in [-0.25, -0.2) is 0 Å². The molecule has 0 saturated carbocycles. The molecule has 0 aliphatic carbocycles. The van der Waals surface area contributed by atoms with E-state index in [1.807, 2.05) is 6.07 Å². The van der Waals surface area contributed by atoms with Crippen LogP contribution in [-0.4, -0.2) is 44.8 Å². The fourth-order valence-corrected chi connectivity index (χ4v) is 4.06. The number of nitrogens with zero attached hydrogens (tertiary/aromatic N) is 1. The Kier molecular flexibility index (Phi) is 7.05. The number of likely N-dealkylation sites (tertiary alicyclic amines) is 1. The minimum atomic E-state index is 0. The van der Waals surface area contributed by atoms with Crippen molar-refractivity contribution in [2.24, 2.45) is 5.41 Å². The summed E-state index contributed by atoms with van der Waals surface area (Å²) >= 11 is 6.42. The second kappa shape index (κ2) is 8.61. The molecule has 0 radical (unpaired) electrons. The Morgan fingerprint density at radius 2 is 2.17 bits per heavy atom. The molecule has 0 amide bonds. The van der Waals surface area contributed by atoms with Gasteiger partial charge in [0.15, 0.2) is 11.5 Å². The predicted molar refractivity (Wildman–Crippen MR) is 101 cm³/mol. The highest BCUT2D eigenvalue weighted by Crippen LogP contribution is 2.39. The molecule has 2 fully saturated rings. The molecule has 136 valence electrons. The van der Waals surface area contributed by atoms with E-state index in [1.54, 1.807) is 7.11 Å². The van der Waals surface area contributed by atoms with Gasteiger partial charge >= 0.3 is 0 Å². The third kappa shape index (κ3) is 4.29. The Labute approximate surface area is 156 Å². The zero-order chi connectivity index (χ0) is 16.3. The molecular weight excluding hydrogens is 347 g/mol. The summed E-state index contributed by atoms with van der Waals surface area (Å²) in [5.41, 5.74) is 1.69. The molecule has 6 heteroatoms. The van der Waals surface area contributed by atoms with Crippen molar-refractivity contribution < 1.29 is 9.47 Å². The fraction of sp³-hybridized carbons (Fsp3) is 0.667. The first-order valence-electron chi connectivity index (χ1n) is 8.58. The second-order valence-electron chi connectivity index (χ2n) is 6.84. The minimum Gasteiger partial charge on any atom is -0.493 e. The van der Waals surface area contributed by atoms with Crippen molar-refractivity contribution in [3.8, 4) is 11.5 Å². The molecule has 3 rings (SSSR count). The van der Waals surface area contributed by atoms with Crippen LogP contribution in [0.5, 0.6) is 11.5 Å². The van der Waals surface area contributed by atoms with Crippen LogP contribution in [0.25, 0.3) is 0 Å². The lowest BCUT2D eigenvalue weighted by molar-refractivity contribution is 0.267. The number of rotatable bonds is 6. The lowest BCUT2D eigenvalue weighted by Crippen LogP contribution is -2.28. The smallest absolute Gasteiger partial charge is 0.179 e. The SMILES string of the molecule is CCCOc1c(Cl)cc(CN2CCC3(CCNC3)C2)cc1OC.Cl. The standard InChI is InChI=1S/C18H27ClN2O2.ClH/c1-3-8-23-17-15(19)9-14(10-16(17)22-2)11-21-7-5-18(13-21)4-6-20-12-18;/h9-10,20H,3-8,11-13H2,1-2H3;1H. The van der Waals surface area contributed by atoms with Gasteiger partial charge in [0, 0.05) is 19.6 Å². The van der Waals surface area contributed by atoms with E-state index in [-0.39, 0.29) is 12.4 Å². The van der Waals surface area contributed by atoms with Crippen LogP contribution in [0.4, 0.5) is 0 Å². The highest BCUT2D eigenvalue weighted by atomic mass is 35.5. The molecule has 1 spiro atoms. The average molecular weight is 375 g/mol. The molecule has 1 aromatic carbocycles. The summed E-state index contributed by atoms with van der Waals surface area (Å²) in [5.74, 6) is 1.40. The molecule has 4 nitrogen and oxygen atoms in total. The summed E-state index contributed by atoms with van der Waals surface area (Å²) in [7, 11) is 1.67. The molecule has 2 aliphatic rings. The van der Waals surface area contributed by atoms with E-state index < -0.39 is 0 Å². The van der Waals surface area contributed by atoms with Crippen LogP contribution >= 0.6 is 24.0 Å². The number of halogens is 2. The van der Waals surface area contributed by atoms with E-state index in [1.165, 1.54) is 24.9 Å². The summed E-state index contributed by atoms with van der Waals surface area (Å²) in [5, 5.41) is 4.15. The van der Waals surface area contributed by atoms with Gasteiger partial charge in [0.05, 0.1) is 18.7 Å². The van der Waals surface area contributed by atoms with E-state index in [2.05, 4.69) is 23.2 Å². The number of ether oxygens (including phenoxy) is 2. The van der Waals surface area contributed by atoms with E-state index in [0.29, 0.717) is 22.8 Å². The maximum absolute atomic E-state index is 6.42. The van der Waals surface area contributed by atoms with Crippen LogP contribution in [0.2, 0.25) is 5.02 Å². The average Bonchev–Trinajstić information content (AvgIpc) is 3.16. The van der Waals surface area contributed by atoms with Crippen molar-refractivity contribution >= 4 is 24.0 Å². The van der Waals surface area contributed by atoms with Crippen LogP contribution in [0.1, 0.15) is 31.7 Å². The van der Waals surface area contributed by atoms with E-state index in [0.717, 1.165) is 38.3 Å². The first-order chi connectivity index (χ1) is 11.2. The molecule has 1 atom stereocenters. The zero-order valence-electron chi connectivity index (χ0n) is 14.6. The molecule has 2 aliphatic heterocycles. The van der Waals surface area contributed by atoms with Crippen LogP contribution in [0, 0.1) is 5.41 Å². The molecule has 2 saturated heterocycles. The number of benzene rings is 1. The topological polar surface area (TPSA) is 33.7 Å². The van der Waals surface area contributed by atoms with Crippen molar-refractivity contribution in [3.05, 3.63) is 22.7 Å². The van der Waals surface area contributed by atoms with E-state index in [4.69, 9.17) is 21.1 Å². The Morgan fingerprint density at radius 1 is 1.33 bits per heavy atom. The van der Waals surface area contributed by atoms with Gasteiger partial charge in [-0.2, -0.15) is 0 Å². The van der Waals surface area contributed by atoms with Crippen LogP contribution in [-0.2, 0) is 6.54 Å². The number of methoxy groups -OCH3 is 1. The summed E-state index contributed by atoms with van der Waals surface area (Å²) < 4.78 is 11.2. The van der Waals surface area contributed by atoms with Crippen molar-refractivity contribution in [3.63, 3.8) is 0 Å². The minimum absolute atomic E-state index is 0. The molecular formula is C18H28Cl2N2O2. The Bertz CT molecular complexity index is 548. The summed E-state index contributed by atoms with van der Waals surface area (Å²) in [6, 6.07) is 4.09. The van der Waals surface area contributed by atoms with Gasteiger partial charge in [-0.05, 0) is 55.5 Å². The molecule has 0 aromatic heterocycles. The third-order valence-corrected chi connectivity index (χ3v) is 5.28. The van der Waals surface area contributed by atoms with Crippen LogP contribution < -0.4 is 14.8 Å². The van der Waals surface area contributed by atoms with Crippen LogP contribution in [0.3, 0.4) is 0 Å². The largest absolute Gasteiger partial charge is 0.493 e. The number of nitrogens with one attached hydrogen (secondary N) is 1. The second-order valence-corrected chi connectivity index (χ2v) is 7.25. The van der Waals surface area contributed by atoms with Gasteiger partial charge < -0.3 is 14.8 Å². The first kappa shape index (κ1) is 19.6. The third-order valence-electron chi connectivity index (χ3n) is 5.00. The Morgan fingerprint density at radius 3 is 2.83 bits per heavy atom. The fourth-order valence-electron chi connectivity index (χ4n) is 3.77. The van der Waals surface area contributed by atoms with E-state index in [9.17, 15) is 0 Å². The normalized spacial score (nSPS) is 23.5. The predicted octanol–water partition coefficient (Wildman–Crippen LogP) is 3.74. The Balaban J connectivity index is 0.00000208. The maximum atomic E-state index is 6.42. The lowest BCUT2D eigenvalue weighted by Gasteiger charge is -2.23. The summed E-state index contributed by atoms with van der Waals surface area (Å²) in [4.78, 5) is 2.53. The molecule has 24 heavy (non-hydrogen) atoms. The van der Waals surface area contributed by atoms with Crippen molar-refractivity contribution in [1.82, 2.24) is 10.2 Å². The van der Waals surface area contributed by atoms with Crippen molar-refractivity contribution in [1.29, 1.82) is 0 Å². The molecule has 0 bridgehead atoms. The van der Waals surface area contributed by atoms with Crippen molar-refractivity contribution in [2.75, 3.05) is 39.9 Å². The van der Waals surface area contributed by atoms with Gasteiger partial charge in [0.1, 0.15) is 0 Å². The molecule has 1 unspecified atom stereocenters.